The molecule has 0 radical (unpaired) electrons. The lowest BCUT2D eigenvalue weighted by Gasteiger charge is -2.09. The molecule has 2 rings (SSSR count). The van der Waals surface area contributed by atoms with Crippen LogP contribution in [0.3, 0.4) is 0 Å². The Balaban J connectivity index is 1.86. The van der Waals surface area contributed by atoms with Gasteiger partial charge in [0.05, 0.1) is 6.54 Å². The largest absolute Gasteiger partial charge is 0.338 e. The molecule has 0 aromatic carbocycles. The van der Waals surface area contributed by atoms with E-state index in [1.807, 2.05) is 0 Å². The zero-order valence-corrected chi connectivity index (χ0v) is 9.20. The van der Waals surface area contributed by atoms with Gasteiger partial charge in [0.15, 0.2) is 0 Å². The number of anilines is 1. The molecule has 1 aliphatic heterocycles. The van der Waals surface area contributed by atoms with Crippen molar-refractivity contribution in [2.24, 2.45) is 0 Å². The number of rotatable bonds is 5. The summed E-state index contributed by atoms with van der Waals surface area (Å²) in [5, 5.41) is 7.22. The van der Waals surface area contributed by atoms with Crippen LogP contribution in [-0.4, -0.2) is 29.8 Å². The minimum atomic E-state index is 0.675. The lowest BCUT2D eigenvalue weighted by Crippen LogP contribution is -2.19. The van der Waals surface area contributed by atoms with Crippen molar-refractivity contribution in [3.8, 4) is 0 Å². The van der Waals surface area contributed by atoms with E-state index in [2.05, 4.69) is 27.3 Å². The molecular weight excluding hydrogens is 192 g/mol. The molecule has 0 saturated carbocycles. The van der Waals surface area contributed by atoms with E-state index in [0.717, 1.165) is 32.0 Å². The van der Waals surface area contributed by atoms with Crippen LogP contribution in [-0.2, 0) is 6.54 Å². The van der Waals surface area contributed by atoms with Crippen molar-refractivity contribution in [3.05, 3.63) is 5.89 Å². The molecule has 1 N–H and O–H groups in total. The van der Waals surface area contributed by atoms with Gasteiger partial charge in [-0.1, -0.05) is 6.92 Å². The van der Waals surface area contributed by atoms with Crippen molar-refractivity contribution in [2.45, 2.75) is 32.7 Å². The highest BCUT2D eigenvalue weighted by molar-refractivity contribution is 5.28. The first-order valence-corrected chi connectivity index (χ1v) is 5.68. The van der Waals surface area contributed by atoms with Crippen molar-refractivity contribution in [3.63, 3.8) is 0 Å². The average molecular weight is 210 g/mol. The normalized spacial score (nSPS) is 16.2. The predicted octanol–water partition coefficient (Wildman–Crippen LogP) is 1.17. The summed E-state index contributed by atoms with van der Waals surface area (Å²) in [4.78, 5) is 6.52. The van der Waals surface area contributed by atoms with Crippen LogP contribution in [0.1, 0.15) is 32.1 Å². The fourth-order valence-electron chi connectivity index (χ4n) is 1.74. The first-order chi connectivity index (χ1) is 7.40. The quantitative estimate of drug-likeness (QED) is 0.739. The van der Waals surface area contributed by atoms with Gasteiger partial charge in [-0.05, 0) is 31.0 Å². The van der Waals surface area contributed by atoms with E-state index in [1.54, 1.807) is 0 Å². The molecule has 0 amide bonds. The Morgan fingerprint density at radius 2 is 2.20 bits per heavy atom. The molecular formula is C10H18N4O. The molecule has 0 aliphatic carbocycles. The third-order valence-corrected chi connectivity index (χ3v) is 2.55. The summed E-state index contributed by atoms with van der Waals surface area (Å²) in [6, 6.07) is 0. The maximum absolute atomic E-state index is 5.16. The van der Waals surface area contributed by atoms with Gasteiger partial charge in [-0.15, -0.1) is 0 Å². The smallest absolute Gasteiger partial charge is 0.266 e. The van der Waals surface area contributed by atoms with Gasteiger partial charge in [0.1, 0.15) is 0 Å². The molecule has 84 valence electrons. The van der Waals surface area contributed by atoms with E-state index in [4.69, 9.17) is 4.52 Å². The Morgan fingerprint density at radius 1 is 1.40 bits per heavy atom. The minimum Gasteiger partial charge on any atom is -0.338 e. The summed E-state index contributed by atoms with van der Waals surface area (Å²) >= 11 is 0. The molecule has 2 heterocycles. The molecule has 5 nitrogen and oxygen atoms in total. The summed E-state index contributed by atoms with van der Waals surface area (Å²) in [5.74, 6) is 1.44. The van der Waals surface area contributed by atoms with E-state index >= 15 is 0 Å². The van der Waals surface area contributed by atoms with Gasteiger partial charge in [-0.2, -0.15) is 4.98 Å². The van der Waals surface area contributed by atoms with E-state index in [1.165, 1.54) is 12.8 Å². The number of nitrogens with zero attached hydrogens (tertiary/aromatic N) is 3. The predicted molar refractivity (Wildman–Crippen MR) is 57.7 cm³/mol. The topological polar surface area (TPSA) is 54.2 Å². The van der Waals surface area contributed by atoms with E-state index < -0.39 is 0 Å². The van der Waals surface area contributed by atoms with E-state index in [-0.39, 0.29) is 0 Å². The minimum absolute atomic E-state index is 0.675. The van der Waals surface area contributed by atoms with Crippen molar-refractivity contribution >= 4 is 5.95 Å². The van der Waals surface area contributed by atoms with Crippen molar-refractivity contribution < 1.29 is 4.52 Å². The molecule has 0 spiro atoms. The highest BCUT2D eigenvalue weighted by Crippen LogP contribution is 2.15. The highest BCUT2D eigenvalue weighted by Gasteiger charge is 2.17. The van der Waals surface area contributed by atoms with Crippen LogP contribution in [0.25, 0.3) is 0 Å². The highest BCUT2D eigenvalue weighted by atomic mass is 16.5. The number of nitrogens with one attached hydrogen (secondary N) is 1. The van der Waals surface area contributed by atoms with Crippen LogP contribution in [0.2, 0.25) is 0 Å². The molecule has 1 aliphatic rings. The zero-order chi connectivity index (χ0) is 10.5. The number of hydrogen-bond acceptors (Lipinski definition) is 5. The van der Waals surface area contributed by atoms with Gasteiger partial charge in [0.2, 0.25) is 5.89 Å². The molecule has 0 unspecified atom stereocenters. The van der Waals surface area contributed by atoms with Crippen LogP contribution in [0, 0.1) is 0 Å². The van der Waals surface area contributed by atoms with Gasteiger partial charge in [-0.3, -0.25) is 0 Å². The van der Waals surface area contributed by atoms with Gasteiger partial charge in [-0.25, -0.2) is 0 Å². The van der Waals surface area contributed by atoms with Crippen LogP contribution >= 0.6 is 0 Å². The molecule has 1 fully saturated rings. The summed E-state index contributed by atoms with van der Waals surface area (Å²) in [7, 11) is 0. The fourth-order valence-corrected chi connectivity index (χ4v) is 1.74. The molecule has 5 heteroatoms. The monoisotopic (exact) mass is 210 g/mol. The molecule has 15 heavy (non-hydrogen) atoms. The maximum Gasteiger partial charge on any atom is 0.266 e. The van der Waals surface area contributed by atoms with Gasteiger partial charge in [0.25, 0.3) is 5.95 Å². The molecule has 1 aromatic heterocycles. The van der Waals surface area contributed by atoms with E-state index in [9.17, 15) is 0 Å². The Morgan fingerprint density at radius 3 is 2.93 bits per heavy atom. The van der Waals surface area contributed by atoms with Crippen LogP contribution in [0.5, 0.6) is 0 Å². The standard InChI is InChI=1S/C10H18N4O/c1-2-5-11-8-9-12-10(13-15-9)14-6-3-4-7-14/h11H,2-8H2,1H3. The SMILES string of the molecule is CCCNCc1nc(N2CCCC2)no1. The van der Waals surface area contributed by atoms with Crippen LogP contribution in [0.15, 0.2) is 4.52 Å². The Kier molecular flexibility index (Phi) is 3.55. The molecule has 1 saturated heterocycles. The summed E-state index contributed by atoms with van der Waals surface area (Å²) in [5.41, 5.74) is 0. The molecule has 0 bridgehead atoms. The van der Waals surface area contributed by atoms with Gasteiger partial charge in [0, 0.05) is 13.1 Å². The lowest BCUT2D eigenvalue weighted by atomic mass is 10.4. The van der Waals surface area contributed by atoms with Crippen molar-refractivity contribution in [2.75, 3.05) is 24.5 Å². The Hall–Kier alpha value is -1.10. The lowest BCUT2D eigenvalue weighted by molar-refractivity contribution is 0.367. The fraction of sp³-hybridized carbons (Fsp3) is 0.800. The second-order valence-corrected chi connectivity index (χ2v) is 3.86. The summed E-state index contributed by atoms with van der Waals surface area (Å²) in [6.07, 6.45) is 3.59. The first kappa shape index (κ1) is 10.4. The zero-order valence-electron chi connectivity index (χ0n) is 9.20. The van der Waals surface area contributed by atoms with E-state index in [0.29, 0.717) is 12.4 Å². The second kappa shape index (κ2) is 5.11. The Labute approximate surface area is 89.8 Å². The number of hydrogen-bond donors (Lipinski definition) is 1. The summed E-state index contributed by atoms with van der Waals surface area (Å²) in [6.45, 7) is 5.91. The van der Waals surface area contributed by atoms with Gasteiger partial charge >= 0.3 is 0 Å². The molecule has 1 aromatic rings. The maximum atomic E-state index is 5.16. The molecule has 0 atom stereocenters. The first-order valence-electron chi connectivity index (χ1n) is 5.68. The van der Waals surface area contributed by atoms with Crippen molar-refractivity contribution in [1.82, 2.24) is 15.5 Å². The van der Waals surface area contributed by atoms with Gasteiger partial charge < -0.3 is 14.7 Å². The second-order valence-electron chi connectivity index (χ2n) is 3.86. The van der Waals surface area contributed by atoms with Crippen LogP contribution < -0.4 is 10.2 Å². The third kappa shape index (κ3) is 2.68. The van der Waals surface area contributed by atoms with Crippen molar-refractivity contribution in [1.29, 1.82) is 0 Å². The number of aromatic nitrogens is 2. The Bertz CT molecular complexity index is 293. The summed E-state index contributed by atoms with van der Waals surface area (Å²) < 4.78 is 5.16. The third-order valence-electron chi connectivity index (χ3n) is 2.55. The average Bonchev–Trinajstić information content (AvgIpc) is 2.87. The van der Waals surface area contributed by atoms with Crippen LogP contribution in [0.4, 0.5) is 5.95 Å².